The number of morpholine rings is 1. The summed E-state index contributed by atoms with van der Waals surface area (Å²) in [5, 5.41) is 15.3. The molecule has 30 heavy (non-hydrogen) atoms. The van der Waals surface area contributed by atoms with E-state index in [4.69, 9.17) is 4.74 Å². The number of amides is 1. The average Bonchev–Trinajstić information content (AvgIpc) is 3.14. The molecule has 1 atom stereocenters. The lowest BCUT2D eigenvalue weighted by atomic mass is 10.2. The van der Waals surface area contributed by atoms with E-state index >= 15 is 0 Å². The normalized spacial score (nSPS) is 16.9. The highest BCUT2D eigenvalue weighted by molar-refractivity contribution is 7.15. The van der Waals surface area contributed by atoms with E-state index in [1.54, 1.807) is 12.1 Å². The van der Waals surface area contributed by atoms with Gasteiger partial charge in [0.2, 0.25) is 11.0 Å². The molecule has 3 aromatic rings. The van der Waals surface area contributed by atoms with Gasteiger partial charge in [-0.1, -0.05) is 29.5 Å². The highest BCUT2D eigenvalue weighted by Gasteiger charge is 2.25. The first-order chi connectivity index (χ1) is 14.6. The molecule has 0 saturated carbocycles. The summed E-state index contributed by atoms with van der Waals surface area (Å²) in [7, 11) is 0. The number of hydrogen-bond donors (Lipinski definition) is 2. The summed E-state index contributed by atoms with van der Waals surface area (Å²) in [4.78, 5) is 18.9. The molecule has 2 aromatic heterocycles. The zero-order valence-electron chi connectivity index (χ0n) is 16.3. The van der Waals surface area contributed by atoms with Crippen LogP contribution in [0.1, 0.15) is 16.8 Å². The van der Waals surface area contributed by atoms with Crippen molar-refractivity contribution in [3.63, 3.8) is 0 Å². The van der Waals surface area contributed by atoms with Crippen LogP contribution < -0.4 is 10.6 Å². The Kier molecular flexibility index (Phi) is 6.26. The number of nitrogens with one attached hydrogen (secondary N) is 2. The van der Waals surface area contributed by atoms with E-state index < -0.39 is 5.82 Å². The van der Waals surface area contributed by atoms with Crippen LogP contribution in [0.25, 0.3) is 0 Å². The largest absolute Gasteiger partial charge is 0.369 e. The van der Waals surface area contributed by atoms with Gasteiger partial charge in [-0.2, -0.15) is 0 Å². The van der Waals surface area contributed by atoms with E-state index in [9.17, 15) is 9.18 Å². The third kappa shape index (κ3) is 5.15. The predicted octanol–water partition coefficient (Wildman–Crippen LogP) is 3.14. The molecule has 156 valence electrons. The number of pyridine rings is 1. The van der Waals surface area contributed by atoms with Gasteiger partial charge >= 0.3 is 0 Å². The number of ether oxygens (including phenoxy) is 1. The Morgan fingerprint density at radius 3 is 2.93 bits per heavy atom. The highest BCUT2D eigenvalue weighted by Crippen LogP contribution is 2.24. The Bertz CT molecular complexity index is 1030. The summed E-state index contributed by atoms with van der Waals surface area (Å²) in [6, 6.07) is 11.8. The summed E-state index contributed by atoms with van der Waals surface area (Å²) in [6.07, 6.45) is -0.266. The summed E-state index contributed by atoms with van der Waals surface area (Å²) in [6.45, 7) is 3.64. The van der Waals surface area contributed by atoms with Gasteiger partial charge in [-0.25, -0.2) is 9.37 Å². The maximum absolute atomic E-state index is 13.7. The summed E-state index contributed by atoms with van der Waals surface area (Å²) in [5.41, 5.74) is 0.945. The Morgan fingerprint density at radius 2 is 2.13 bits per heavy atom. The van der Waals surface area contributed by atoms with Crippen LogP contribution in [0.2, 0.25) is 0 Å². The van der Waals surface area contributed by atoms with E-state index in [2.05, 4.69) is 25.8 Å². The molecular weight excluding hydrogens is 407 g/mol. The Labute approximate surface area is 177 Å². The highest BCUT2D eigenvalue weighted by atomic mass is 32.1. The van der Waals surface area contributed by atoms with Gasteiger partial charge in [-0.3, -0.25) is 9.69 Å². The van der Waals surface area contributed by atoms with Gasteiger partial charge < -0.3 is 15.4 Å². The standard InChI is InChI=1S/C20H21FN6O2S/c1-13-25-26-20(30-13)24-18-8-4-7-16(22-18)17-11-27(9-10-29-17)12-19(28)23-15-6-3-2-5-14(15)21/h2-8,17H,9-12H2,1H3,(H,23,28)(H,22,24,26). The molecule has 1 amide bonds. The molecule has 1 aliphatic heterocycles. The van der Waals surface area contributed by atoms with Crippen molar-refractivity contribution in [3.8, 4) is 0 Å². The number of aryl methyl sites for hydroxylation is 1. The molecule has 4 rings (SSSR count). The zero-order valence-corrected chi connectivity index (χ0v) is 17.2. The molecule has 2 N–H and O–H groups in total. The number of para-hydroxylation sites is 1. The van der Waals surface area contributed by atoms with Crippen molar-refractivity contribution in [1.29, 1.82) is 0 Å². The van der Waals surface area contributed by atoms with E-state index in [0.29, 0.717) is 30.6 Å². The van der Waals surface area contributed by atoms with Crippen molar-refractivity contribution in [3.05, 3.63) is 59.0 Å². The lowest BCUT2D eigenvalue weighted by molar-refractivity contribution is -0.119. The number of anilines is 3. The van der Waals surface area contributed by atoms with Crippen molar-refractivity contribution in [2.24, 2.45) is 0 Å². The second-order valence-corrected chi connectivity index (χ2v) is 8.00. The Morgan fingerprint density at radius 1 is 1.27 bits per heavy atom. The summed E-state index contributed by atoms with van der Waals surface area (Å²) < 4.78 is 19.6. The number of hydrogen-bond acceptors (Lipinski definition) is 8. The Balaban J connectivity index is 1.37. The van der Waals surface area contributed by atoms with Crippen LogP contribution >= 0.6 is 11.3 Å². The van der Waals surface area contributed by atoms with Gasteiger partial charge in [0.15, 0.2) is 0 Å². The van der Waals surface area contributed by atoms with Gasteiger partial charge in [0.25, 0.3) is 0 Å². The number of carbonyl (C=O) groups is 1. The topological polar surface area (TPSA) is 92.3 Å². The van der Waals surface area contributed by atoms with E-state index in [0.717, 1.165) is 10.7 Å². The monoisotopic (exact) mass is 428 g/mol. The molecule has 0 radical (unpaired) electrons. The lowest BCUT2D eigenvalue weighted by Crippen LogP contribution is -2.42. The van der Waals surface area contributed by atoms with E-state index in [1.807, 2.05) is 30.0 Å². The molecule has 1 fully saturated rings. The van der Waals surface area contributed by atoms with Gasteiger partial charge in [0.05, 0.1) is 24.5 Å². The SMILES string of the molecule is Cc1nnc(Nc2cccc(C3CN(CC(=O)Nc4ccccc4F)CCO3)n2)s1. The number of nitrogens with zero attached hydrogens (tertiary/aromatic N) is 4. The van der Waals surface area contributed by atoms with Crippen molar-refractivity contribution < 1.29 is 13.9 Å². The maximum atomic E-state index is 13.7. The zero-order chi connectivity index (χ0) is 20.9. The number of halogens is 1. The van der Waals surface area contributed by atoms with Gasteiger partial charge in [0, 0.05) is 13.1 Å². The molecule has 1 saturated heterocycles. The van der Waals surface area contributed by atoms with Crippen LogP contribution in [0.4, 0.5) is 21.0 Å². The molecule has 0 bridgehead atoms. The molecule has 3 heterocycles. The first-order valence-electron chi connectivity index (χ1n) is 9.49. The molecule has 0 spiro atoms. The van der Waals surface area contributed by atoms with Gasteiger partial charge in [0.1, 0.15) is 22.7 Å². The summed E-state index contributed by atoms with van der Waals surface area (Å²) in [5.74, 6) is -0.0673. The molecule has 1 aliphatic rings. The van der Waals surface area contributed by atoms with Crippen LogP contribution in [-0.4, -0.2) is 52.2 Å². The fourth-order valence-electron chi connectivity index (χ4n) is 3.14. The number of carbonyl (C=O) groups excluding carboxylic acids is 1. The first-order valence-corrected chi connectivity index (χ1v) is 10.3. The minimum absolute atomic E-state index is 0.149. The molecule has 1 unspecified atom stereocenters. The third-order valence-electron chi connectivity index (χ3n) is 4.53. The minimum Gasteiger partial charge on any atom is -0.369 e. The van der Waals surface area contributed by atoms with Crippen LogP contribution in [0.3, 0.4) is 0 Å². The van der Waals surface area contributed by atoms with Crippen LogP contribution in [0.15, 0.2) is 42.5 Å². The van der Waals surface area contributed by atoms with Crippen LogP contribution in [-0.2, 0) is 9.53 Å². The molecule has 10 heteroatoms. The van der Waals surface area contributed by atoms with Crippen molar-refractivity contribution >= 4 is 33.9 Å². The second-order valence-electron chi connectivity index (χ2n) is 6.82. The van der Waals surface area contributed by atoms with E-state index in [-0.39, 0.29) is 24.2 Å². The summed E-state index contributed by atoms with van der Waals surface area (Å²) >= 11 is 1.45. The fraction of sp³-hybridized carbons (Fsp3) is 0.300. The van der Waals surface area contributed by atoms with Crippen molar-refractivity contribution in [2.45, 2.75) is 13.0 Å². The fourth-order valence-corrected chi connectivity index (χ4v) is 3.74. The van der Waals surface area contributed by atoms with E-state index in [1.165, 1.54) is 23.5 Å². The van der Waals surface area contributed by atoms with Crippen molar-refractivity contribution in [2.75, 3.05) is 36.9 Å². The van der Waals surface area contributed by atoms with Gasteiger partial charge in [-0.15, -0.1) is 10.2 Å². The molecular formula is C20H21FN6O2S. The smallest absolute Gasteiger partial charge is 0.238 e. The first kappa shape index (κ1) is 20.3. The Hall–Kier alpha value is -2.95. The van der Waals surface area contributed by atoms with Crippen LogP contribution in [0.5, 0.6) is 0 Å². The van der Waals surface area contributed by atoms with Gasteiger partial charge in [-0.05, 0) is 31.2 Å². The molecule has 0 aliphatic carbocycles. The number of benzene rings is 1. The molecule has 8 nitrogen and oxygen atoms in total. The maximum Gasteiger partial charge on any atom is 0.238 e. The lowest BCUT2D eigenvalue weighted by Gasteiger charge is -2.32. The minimum atomic E-state index is -0.454. The number of rotatable bonds is 6. The quantitative estimate of drug-likeness (QED) is 0.623. The van der Waals surface area contributed by atoms with Crippen LogP contribution in [0, 0.1) is 12.7 Å². The van der Waals surface area contributed by atoms with Crippen molar-refractivity contribution in [1.82, 2.24) is 20.1 Å². The number of aromatic nitrogens is 3. The average molecular weight is 428 g/mol. The molecule has 1 aromatic carbocycles. The predicted molar refractivity (Wildman–Crippen MR) is 112 cm³/mol. The second kappa shape index (κ2) is 9.24. The third-order valence-corrected chi connectivity index (χ3v) is 5.28.